The second kappa shape index (κ2) is 6.01. The molecule has 0 aliphatic carbocycles. The van der Waals surface area contributed by atoms with Crippen molar-refractivity contribution in [2.45, 2.75) is 0 Å². The van der Waals surface area contributed by atoms with Gasteiger partial charge in [0.1, 0.15) is 0 Å². The molecule has 0 fully saturated rings. The first kappa shape index (κ1) is 13.7. The van der Waals surface area contributed by atoms with Crippen LogP contribution < -0.4 is 5.32 Å². The third kappa shape index (κ3) is 3.06. The number of rotatable bonds is 4. The highest BCUT2D eigenvalue weighted by Crippen LogP contribution is 2.19. The number of carbonyl (C=O) groups is 1. The zero-order valence-electron chi connectivity index (χ0n) is 11.5. The monoisotopic (exact) mass is 292 g/mol. The molecule has 6 heteroatoms. The van der Waals surface area contributed by atoms with Gasteiger partial charge < -0.3 is 10.4 Å². The molecule has 0 saturated carbocycles. The Morgan fingerprint density at radius 2 is 2.00 bits per heavy atom. The Morgan fingerprint density at radius 1 is 1.09 bits per heavy atom. The van der Waals surface area contributed by atoms with Gasteiger partial charge in [-0.3, -0.25) is 4.98 Å². The summed E-state index contributed by atoms with van der Waals surface area (Å²) in [4.78, 5) is 23.6. The molecule has 1 aromatic carbocycles. The molecular formula is C16H12N4O2. The van der Waals surface area contributed by atoms with Crippen LogP contribution >= 0.6 is 0 Å². The predicted octanol–water partition coefficient (Wildman–Crippen LogP) is 2.98. The summed E-state index contributed by atoms with van der Waals surface area (Å²) >= 11 is 0. The highest BCUT2D eigenvalue weighted by Gasteiger charge is 2.06. The summed E-state index contributed by atoms with van der Waals surface area (Å²) in [5.41, 5.74) is 2.43. The fraction of sp³-hybridized carbons (Fsp3) is 0. The summed E-state index contributed by atoms with van der Waals surface area (Å²) in [5.74, 6) is -0.586. The van der Waals surface area contributed by atoms with Crippen LogP contribution in [0.15, 0.2) is 61.1 Å². The van der Waals surface area contributed by atoms with Crippen LogP contribution in [0, 0.1) is 0 Å². The van der Waals surface area contributed by atoms with E-state index in [1.54, 1.807) is 36.8 Å². The fourth-order valence-corrected chi connectivity index (χ4v) is 1.95. The maximum atomic E-state index is 11.0. The van der Waals surface area contributed by atoms with Crippen LogP contribution in [0.3, 0.4) is 0 Å². The van der Waals surface area contributed by atoms with Crippen molar-refractivity contribution < 1.29 is 9.90 Å². The quantitative estimate of drug-likeness (QED) is 0.768. The minimum Gasteiger partial charge on any atom is -0.478 e. The van der Waals surface area contributed by atoms with Gasteiger partial charge in [0.05, 0.1) is 11.3 Å². The Hall–Kier alpha value is -3.28. The molecule has 0 aliphatic rings. The number of pyridine rings is 1. The van der Waals surface area contributed by atoms with Crippen LogP contribution in [0.5, 0.6) is 0 Å². The maximum Gasteiger partial charge on any atom is 0.335 e. The maximum absolute atomic E-state index is 11.0. The van der Waals surface area contributed by atoms with Crippen LogP contribution in [0.4, 0.5) is 11.6 Å². The van der Waals surface area contributed by atoms with E-state index in [1.165, 1.54) is 12.1 Å². The van der Waals surface area contributed by atoms with Crippen LogP contribution in [-0.2, 0) is 0 Å². The van der Waals surface area contributed by atoms with Crippen molar-refractivity contribution in [3.63, 3.8) is 0 Å². The predicted molar refractivity (Wildman–Crippen MR) is 81.9 cm³/mol. The van der Waals surface area contributed by atoms with Crippen molar-refractivity contribution in [1.82, 2.24) is 15.0 Å². The van der Waals surface area contributed by atoms with E-state index in [0.717, 1.165) is 11.3 Å². The van der Waals surface area contributed by atoms with E-state index in [1.807, 2.05) is 12.1 Å². The van der Waals surface area contributed by atoms with E-state index < -0.39 is 5.97 Å². The molecule has 0 spiro atoms. The first-order valence-corrected chi connectivity index (χ1v) is 6.56. The third-order valence-electron chi connectivity index (χ3n) is 2.98. The van der Waals surface area contributed by atoms with E-state index >= 15 is 0 Å². The van der Waals surface area contributed by atoms with E-state index in [4.69, 9.17) is 5.11 Å². The van der Waals surface area contributed by atoms with Crippen LogP contribution in [0.25, 0.3) is 11.3 Å². The smallest absolute Gasteiger partial charge is 0.335 e. The Kier molecular flexibility index (Phi) is 3.74. The molecule has 0 saturated heterocycles. The summed E-state index contributed by atoms with van der Waals surface area (Å²) in [7, 11) is 0. The Morgan fingerprint density at radius 3 is 2.77 bits per heavy atom. The van der Waals surface area contributed by atoms with E-state index in [0.29, 0.717) is 11.6 Å². The molecule has 22 heavy (non-hydrogen) atoms. The van der Waals surface area contributed by atoms with Gasteiger partial charge in [0.2, 0.25) is 5.95 Å². The van der Waals surface area contributed by atoms with E-state index in [9.17, 15) is 4.79 Å². The second-order valence-corrected chi connectivity index (χ2v) is 4.52. The van der Waals surface area contributed by atoms with Gasteiger partial charge >= 0.3 is 5.97 Å². The lowest BCUT2D eigenvalue weighted by Gasteiger charge is -2.07. The molecule has 3 aromatic rings. The van der Waals surface area contributed by atoms with Gasteiger partial charge in [0.15, 0.2) is 0 Å². The number of aromatic nitrogens is 3. The summed E-state index contributed by atoms with van der Waals surface area (Å²) in [6, 6.07) is 12.0. The molecule has 0 atom stereocenters. The summed E-state index contributed by atoms with van der Waals surface area (Å²) in [6.07, 6.45) is 5.05. The van der Waals surface area contributed by atoms with Crippen molar-refractivity contribution >= 4 is 17.6 Å². The Bertz CT molecular complexity index is 806. The SMILES string of the molecule is O=C(O)c1cccc(Nc2nccc(-c3cccnc3)n2)c1. The van der Waals surface area contributed by atoms with Gasteiger partial charge in [-0.15, -0.1) is 0 Å². The average molecular weight is 292 g/mol. The molecule has 108 valence electrons. The molecule has 3 rings (SSSR count). The molecule has 0 amide bonds. The highest BCUT2D eigenvalue weighted by atomic mass is 16.4. The zero-order chi connectivity index (χ0) is 15.4. The van der Waals surface area contributed by atoms with Gasteiger partial charge in [-0.05, 0) is 36.4 Å². The largest absolute Gasteiger partial charge is 0.478 e. The normalized spacial score (nSPS) is 10.2. The number of nitrogens with zero attached hydrogens (tertiary/aromatic N) is 3. The van der Waals surface area contributed by atoms with E-state index in [-0.39, 0.29) is 5.56 Å². The average Bonchev–Trinajstić information content (AvgIpc) is 2.56. The second-order valence-electron chi connectivity index (χ2n) is 4.52. The van der Waals surface area contributed by atoms with Crippen molar-refractivity contribution in [2.75, 3.05) is 5.32 Å². The van der Waals surface area contributed by atoms with Gasteiger partial charge in [-0.1, -0.05) is 6.07 Å². The van der Waals surface area contributed by atoms with Crippen LogP contribution in [0.2, 0.25) is 0 Å². The number of aromatic carboxylic acids is 1. The zero-order valence-corrected chi connectivity index (χ0v) is 11.5. The van der Waals surface area contributed by atoms with Crippen molar-refractivity contribution in [2.24, 2.45) is 0 Å². The summed E-state index contributed by atoms with van der Waals surface area (Å²) in [6.45, 7) is 0. The number of benzene rings is 1. The first-order valence-electron chi connectivity index (χ1n) is 6.56. The van der Waals surface area contributed by atoms with Crippen LogP contribution in [-0.4, -0.2) is 26.0 Å². The minimum atomic E-state index is -0.978. The molecule has 2 heterocycles. The van der Waals surface area contributed by atoms with E-state index in [2.05, 4.69) is 20.3 Å². The van der Waals surface area contributed by atoms with Crippen LogP contribution in [0.1, 0.15) is 10.4 Å². The topological polar surface area (TPSA) is 88.0 Å². The number of hydrogen-bond donors (Lipinski definition) is 2. The molecule has 2 aromatic heterocycles. The first-order chi connectivity index (χ1) is 10.7. The molecule has 2 N–H and O–H groups in total. The van der Waals surface area contributed by atoms with Crippen molar-refractivity contribution in [1.29, 1.82) is 0 Å². The molecular weight excluding hydrogens is 280 g/mol. The van der Waals surface area contributed by atoms with Gasteiger partial charge in [0, 0.05) is 29.8 Å². The number of anilines is 2. The summed E-state index contributed by atoms with van der Waals surface area (Å²) < 4.78 is 0. The van der Waals surface area contributed by atoms with Gasteiger partial charge in [-0.25, -0.2) is 14.8 Å². The third-order valence-corrected chi connectivity index (χ3v) is 2.98. The lowest BCUT2D eigenvalue weighted by Crippen LogP contribution is -2.00. The summed E-state index contributed by atoms with van der Waals surface area (Å²) in [5, 5.41) is 12.0. The Labute approximate surface area is 126 Å². The fourth-order valence-electron chi connectivity index (χ4n) is 1.95. The number of carboxylic acids is 1. The van der Waals surface area contributed by atoms with Gasteiger partial charge in [0.25, 0.3) is 0 Å². The molecule has 0 bridgehead atoms. The molecule has 6 nitrogen and oxygen atoms in total. The molecule has 0 aliphatic heterocycles. The lowest BCUT2D eigenvalue weighted by atomic mass is 10.2. The molecule has 0 radical (unpaired) electrons. The minimum absolute atomic E-state index is 0.202. The lowest BCUT2D eigenvalue weighted by molar-refractivity contribution is 0.0697. The standard InChI is InChI=1S/C16H12N4O2/c21-15(22)11-3-1-5-13(9-11)19-16-18-8-6-14(20-16)12-4-2-7-17-10-12/h1-10H,(H,21,22)(H,18,19,20). The van der Waals surface area contributed by atoms with Crippen molar-refractivity contribution in [3.05, 3.63) is 66.6 Å². The number of nitrogens with one attached hydrogen (secondary N) is 1. The Balaban J connectivity index is 1.87. The molecule has 0 unspecified atom stereocenters. The van der Waals surface area contributed by atoms with Crippen molar-refractivity contribution in [3.8, 4) is 11.3 Å². The number of hydrogen-bond acceptors (Lipinski definition) is 5. The van der Waals surface area contributed by atoms with Gasteiger partial charge in [-0.2, -0.15) is 0 Å². The number of carboxylic acid groups (broad SMARTS) is 1. The highest BCUT2D eigenvalue weighted by molar-refractivity contribution is 5.89.